The van der Waals surface area contributed by atoms with Gasteiger partial charge in [-0.25, -0.2) is 9.07 Å². The highest BCUT2D eigenvalue weighted by Gasteiger charge is 2.27. The summed E-state index contributed by atoms with van der Waals surface area (Å²) in [6.45, 7) is 2.78. The number of ether oxygens (including phenoxy) is 1. The third-order valence-corrected chi connectivity index (χ3v) is 4.36. The van der Waals surface area contributed by atoms with E-state index in [1.165, 1.54) is 29.8 Å². The van der Waals surface area contributed by atoms with Gasteiger partial charge < -0.3 is 10.1 Å². The summed E-state index contributed by atoms with van der Waals surface area (Å²) in [5, 5.41) is 10.8. The Balaban J connectivity index is 1.51. The fourth-order valence-corrected chi connectivity index (χ4v) is 2.89. The lowest BCUT2D eigenvalue weighted by atomic mass is 10.1. The molecule has 1 aliphatic rings. The van der Waals surface area contributed by atoms with Crippen molar-refractivity contribution in [2.75, 3.05) is 5.32 Å². The van der Waals surface area contributed by atoms with E-state index in [2.05, 4.69) is 15.6 Å². The summed E-state index contributed by atoms with van der Waals surface area (Å²) in [6.07, 6.45) is -0.127. The number of amides is 1. The molecule has 3 aromatic rings. The molecule has 1 unspecified atom stereocenters. The number of rotatable bonds is 3. The molecule has 1 aliphatic heterocycles. The highest BCUT2D eigenvalue weighted by atomic mass is 19.1. The van der Waals surface area contributed by atoms with Gasteiger partial charge in [-0.05, 0) is 36.8 Å². The van der Waals surface area contributed by atoms with Crippen LogP contribution in [0.15, 0.2) is 48.5 Å². The summed E-state index contributed by atoms with van der Waals surface area (Å²) in [5.41, 5.74) is 3.59. The van der Waals surface area contributed by atoms with Crippen molar-refractivity contribution in [3.8, 4) is 0 Å². The van der Waals surface area contributed by atoms with E-state index in [0.29, 0.717) is 17.9 Å². The first-order valence-electron chi connectivity index (χ1n) is 8.27. The number of hydrogen-bond acceptors (Lipinski definition) is 4. The topological polar surface area (TPSA) is 69.0 Å². The Morgan fingerprint density at radius 1 is 1.19 bits per heavy atom. The number of carbonyl (C=O) groups is 1. The van der Waals surface area contributed by atoms with Gasteiger partial charge in [0.2, 0.25) is 0 Å². The molecule has 7 heteroatoms. The first kappa shape index (κ1) is 16.4. The van der Waals surface area contributed by atoms with Gasteiger partial charge in [0.25, 0.3) is 5.91 Å². The summed E-state index contributed by atoms with van der Waals surface area (Å²) < 4.78 is 20.6. The Kier molecular flexibility index (Phi) is 4.22. The second kappa shape index (κ2) is 6.68. The van der Waals surface area contributed by atoms with Crippen LogP contribution in [-0.4, -0.2) is 20.9 Å². The standard InChI is InChI=1S/C19H17FN4O2/c1-12-2-4-13(5-3-12)17-10-24-16(11-26-17)18(22-23-24)19(25)21-15-8-6-14(20)7-9-15/h2-9,17H,10-11H2,1H3,(H,21,25). The van der Waals surface area contributed by atoms with Crippen molar-refractivity contribution in [3.05, 3.63) is 76.9 Å². The lowest BCUT2D eigenvalue weighted by molar-refractivity contribution is -0.00171. The zero-order chi connectivity index (χ0) is 18.1. The normalized spacial score (nSPS) is 16.2. The smallest absolute Gasteiger partial charge is 0.278 e. The molecule has 1 aromatic heterocycles. The molecule has 6 nitrogen and oxygen atoms in total. The molecule has 0 saturated carbocycles. The summed E-state index contributed by atoms with van der Waals surface area (Å²) in [4.78, 5) is 12.4. The third-order valence-electron chi connectivity index (χ3n) is 4.36. The molecule has 0 aliphatic carbocycles. The molecule has 0 radical (unpaired) electrons. The van der Waals surface area contributed by atoms with Crippen molar-refractivity contribution >= 4 is 11.6 Å². The van der Waals surface area contributed by atoms with Gasteiger partial charge in [0, 0.05) is 5.69 Å². The van der Waals surface area contributed by atoms with Crippen LogP contribution in [0.3, 0.4) is 0 Å². The maximum absolute atomic E-state index is 13.0. The molecule has 2 heterocycles. The van der Waals surface area contributed by atoms with E-state index in [1.54, 1.807) is 4.68 Å². The molecular weight excluding hydrogens is 335 g/mol. The van der Waals surface area contributed by atoms with Crippen LogP contribution in [0.4, 0.5) is 10.1 Å². The van der Waals surface area contributed by atoms with Crippen LogP contribution in [0, 0.1) is 12.7 Å². The van der Waals surface area contributed by atoms with Crippen molar-refractivity contribution in [3.63, 3.8) is 0 Å². The van der Waals surface area contributed by atoms with Crippen molar-refractivity contribution < 1.29 is 13.9 Å². The zero-order valence-corrected chi connectivity index (χ0v) is 14.1. The van der Waals surface area contributed by atoms with Crippen molar-refractivity contribution in [1.29, 1.82) is 0 Å². The van der Waals surface area contributed by atoms with Gasteiger partial charge in [-0.3, -0.25) is 4.79 Å². The fraction of sp³-hybridized carbons (Fsp3) is 0.211. The highest BCUT2D eigenvalue weighted by molar-refractivity contribution is 6.03. The van der Waals surface area contributed by atoms with Gasteiger partial charge in [-0.1, -0.05) is 35.0 Å². The summed E-state index contributed by atoms with van der Waals surface area (Å²) in [6, 6.07) is 13.7. The predicted octanol–water partition coefficient (Wildman–Crippen LogP) is 3.25. The van der Waals surface area contributed by atoms with Gasteiger partial charge in [-0.2, -0.15) is 0 Å². The molecule has 26 heavy (non-hydrogen) atoms. The monoisotopic (exact) mass is 352 g/mol. The third kappa shape index (κ3) is 3.21. The average Bonchev–Trinajstić information content (AvgIpc) is 3.07. The van der Waals surface area contributed by atoms with E-state index >= 15 is 0 Å². The molecule has 0 saturated heterocycles. The Hall–Kier alpha value is -3.06. The van der Waals surface area contributed by atoms with Crippen molar-refractivity contribution in [2.45, 2.75) is 26.2 Å². The molecule has 0 fully saturated rings. The van der Waals surface area contributed by atoms with Gasteiger partial charge >= 0.3 is 0 Å². The van der Waals surface area contributed by atoms with Crippen LogP contribution in [-0.2, 0) is 17.9 Å². The van der Waals surface area contributed by atoms with E-state index in [9.17, 15) is 9.18 Å². The molecule has 2 aromatic carbocycles. The summed E-state index contributed by atoms with van der Waals surface area (Å²) in [7, 11) is 0. The van der Waals surface area contributed by atoms with Crippen molar-refractivity contribution in [2.24, 2.45) is 0 Å². The SMILES string of the molecule is Cc1ccc(C2Cn3nnc(C(=O)Nc4ccc(F)cc4)c3CO2)cc1. The molecular formula is C19H17FN4O2. The quantitative estimate of drug-likeness (QED) is 0.786. The van der Waals surface area contributed by atoms with Gasteiger partial charge in [0.1, 0.15) is 11.9 Å². The number of aryl methyl sites for hydroxylation is 1. The van der Waals surface area contributed by atoms with Crippen LogP contribution < -0.4 is 5.32 Å². The van der Waals surface area contributed by atoms with Gasteiger partial charge in [0.15, 0.2) is 5.69 Å². The van der Waals surface area contributed by atoms with Gasteiger partial charge in [0.05, 0.1) is 18.8 Å². The Morgan fingerprint density at radius 3 is 2.65 bits per heavy atom. The highest BCUT2D eigenvalue weighted by Crippen LogP contribution is 2.27. The number of fused-ring (bicyclic) bond motifs is 1. The van der Waals surface area contributed by atoms with Crippen LogP contribution in [0.1, 0.15) is 33.4 Å². The minimum absolute atomic E-state index is 0.127. The minimum Gasteiger partial charge on any atom is -0.365 e. The largest absolute Gasteiger partial charge is 0.365 e. The maximum atomic E-state index is 13.0. The first-order valence-corrected chi connectivity index (χ1v) is 8.27. The number of aromatic nitrogens is 3. The van der Waals surface area contributed by atoms with Crippen LogP contribution in [0.25, 0.3) is 0 Å². The Labute approximate surface area is 149 Å². The van der Waals surface area contributed by atoms with Crippen LogP contribution in [0.2, 0.25) is 0 Å². The first-order chi connectivity index (χ1) is 12.6. The second-order valence-corrected chi connectivity index (χ2v) is 6.24. The lowest BCUT2D eigenvalue weighted by Crippen LogP contribution is -2.24. The molecule has 132 valence electrons. The molecule has 0 bridgehead atoms. The summed E-state index contributed by atoms with van der Waals surface area (Å²) >= 11 is 0. The van der Waals surface area contributed by atoms with Crippen LogP contribution >= 0.6 is 0 Å². The molecule has 1 N–H and O–H groups in total. The fourth-order valence-electron chi connectivity index (χ4n) is 2.89. The number of nitrogens with zero attached hydrogens (tertiary/aromatic N) is 3. The van der Waals surface area contributed by atoms with E-state index in [-0.39, 0.29) is 24.2 Å². The number of anilines is 1. The summed E-state index contributed by atoms with van der Waals surface area (Å²) in [5.74, 6) is -0.755. The van der Waals surface area contributed by atoms with Gasteiger partial charge in [-0.15, -0.1) is 5.10 Å². The molecule has 1 amide bonds. The number of hydrogen-bond donors (Lipinski definition) is 1. The maximum Gasteiger partial charge on any atom is 0.278 e. The van der Waals surface area contributed by atoms with Crippen LogP contribution in [0.5, 0.6) is 0 Å². The minimum atomic E-state index is -0.393. The number of benzene rings is 2. The van der Waals surface area contributed by atoms with Crippen molar-refractivity contribution in [1.82, 2.24) is 15.0 Å². The van der Waals surface area contributed by atoms with E-state index in [4.69, 9.17) is 4.74 Å². The van der Waals surface area contributed by atoms with E-state index in [1.807, 2.05) is 31.2 Å². The molecule has 1 atom stereocenters. The second-order valence-electron chi connectivity index (χ2n) is 6.24. The van der Waals surface area contributed by atoms with E-state index < -0.39 is 5.91 Å². The molecule has 0 spiro atoms. The van der Waals surface area contributed by atoms with E-state index in [0.717, 1.165) is 5.56 Å². The number of halogens is 1. The predicted molar refractivity (Wildman–Crippen MR) is 93.1 cm³/mol. The number of nitrogens with one attached hydrogen (secondary N) is 1. The average molecular weight is 352 g/mol. The Bertz CT molecular complexity index is 935. The Morgan fingerprint density at radius 2 is 1.92 bits per heavy atom. The lowest BCUT2D eigenvalue weighted by Gasteiger charge is -2.24. The number of carbonyl (C=O) groups excluding carboxylic acids is 1. The zero-order valence-electron chi connectivity index (χ0n) is 14.1. The molecule has 4 rings (SSSR count).